The van der Waals surface area contributed by atoms with Crippen molar-refractivity contribution in [3.8, 4) is 0 Å². The van der Waals surface area contributed by atoms with Gasteiger partial charge < -0.3 is 5.32 Å². The second kappa shape index (κ2) is 7.80. The highest BCUT2D eigenvalue weighted by molar-refractivity contribution is 7.92. The molecule has 0 fully saturated rings. The summed E-state index contributed by atoms with van der Waals surface area (Å²) in [5, 5.41) is 3.22. The smallest absolute Gasteiger partial charge is 0.265 e. The van der Waals surface area contributed by atoms with Crippen LogP contribution in [0.15, 0.2) is 71.8 Å². The fourth-order valence-corrected chi connectivity index (χ4v) is 4.43. The molecule has 1 N–H and O–H groups in total. The molecular formula is C21H23N3O2S. The van der Waals surface area contributed by atoms with Gasteiger partial charge in [-0.25, -0.2) is 13.4 Å². The maximum absolute atomic E-state index is 13.0. The van der Waals surface area contributed by atoms with Crippen LogP contribution in [0.25, 0.3) is 0 Å². The van der Waals surface area contributed by atoms with Crippen molar-refractivity contribution < 1.29 is 8.42 Å². The van der Waals surface area contributed by atoms with Crippen LogP contribution in [0.4, 0.5) is 17.2 Å². The molecule has 0 atom stereocenters. The largest absolute Gasteiger partial charge is 0.340 e. The first-order chi connectivity index (χ1) is 12.9. The highest BCUT2D eigenvalue weighted by atomic mass is 32.2. The molecule has 140 valence electrons. The molecule has 1 heterocycles. The van der Waals surface area contributed by atoms with E-state index in [0.29, 0.717) is 18.1 Å². The summed E-state index contributed by atoms with van der Waals surface area (Å²) in [5.41, 5.74) is 3.86. The number of anilines is 3. The standard InChI is InChI=1S/C21H23N3O2S/c1-4-24(19-8-6-5-7-9-19)27(25,26)20-10-11-21(22-15-20)23-18-13-16(2)12-17(3)14-18/h5-15H,4H2,1-3H3,(H,22,23). The Morgan fingerprint density at radius 2 is 1.63 bits per heavy atom. The molecule has 0 unspecified atom stereocenters. The van der Waals surface area contributed by atoms with E-state index in [1.807, 2.05) is 51.1 Å². The molecule has 0 radical (unpaired) electrons. The maximum atomic E-state index is 13.0. The number of benzene rings is 2. The Balaban J connectivity index is 1.85. The minimum atomic E-state index is -3.66. The van der Waals surface area contributed by atoms with Gasteiger partial charge in [-0.1, -0.05) is 24.3 Å². The number of aromatic nitrogens is 1. The summed E-state index contributed by atoms with van der Waals surface area (Å²) < 4.78 is 27.4. The summed E-state index contributed by atoms with van der Waals surface area (Å²) in [6.45, 7) is 6.22. The van der Waals surface area contributed by atoms with E-state index < -0.39 is 10.0 Å². The molecule has 0 bridgehead atoms. The molecule has 0 spiro atoms. The van der Waals surface area contributed by atoms with Crippen LogP contribution in [0.2, 0.25) is 0 Å². The lowest BCUT2D eigenvalue weighted by Crippen LogP contribution is -2.30. The molecule has 27 heavy (non-hydrogen) atoms. The first kappa shape index (κ1) is 18.9. The van der Waals surface area contributed by atoms with Crippen LogP contribution in [0.3, 0.4) is 0 Å². The zero-order valence-electron chi connectivity index (χ0n) is 15.7. The molecule has 0 aliphatic rings. The monoisotopic (exact) mass is 381 g/mol. The van der Waals surface area contributed by atoms with Gasteiger partial charge in [-0.05, 0) is 68.3 Å². The first-order valence-corrected chi connectivity index (χ1v) is 10.2. The highest BCUT2D eigenvalue weighted by Crippen LogP contribution is 2.24. The molecular weight excluding hydrogens is 358 g/mol. The van der Waals surface area contributed by atoms with Gasteiger partial charge >= 0.3 is 0 Å². The van der Waals surface area contributed by atoms with Crippen LogP contribution in [0.5, 0.6) is 0 Å². The molecule has 0 aliphatic carbocycles. The van der Waals surface area contributed by atoms with Crippen molar-refractivity contribution in [1.29, 1.82) is 0 Å². The van der Waals surface area contributed by atoms with E-state index in [9.17, 15) is 8.42 Å². The Kier molecular flexibility index (Phi) is 5.46. The lowest BCUT2D eigenvalue weighted by molar-refractivity contribution is 0.591. The molecule has 5 nitrogen and oxygen atoms in total. The maximum Gasteiger partial charge on any atom is 0.265 e. The Hall–Kier alpha value is -2.86. The van der Waals surface area contributed by atoms with E-state index in [1.165, 1.54) is 10.5 Å². The Bertz CT molecular complexity index is 997. The lowest BCUT2D eigenvalue weighted by Gasteiger charge is -2.22. The number of nitrogens with zero attached hydrogens (tertiary/aromatic N) is 2. The molecule has 3 rings (SSSR count). The Labute approximate surface area is 160 Å². The molecule has 3 aromatic rings. The van der Waals surface area contributed by atoms with Gasteiger partial charge in [0.25, 0.3) is 10.0 Å². The van der Waals surface area contributed by atoms with Crippen molar-refractivity contribution in [2.45, 2.75) is 25.7 Å². The summed E-state index contributed by atoms with van der Waals surface area (Å²) in [6, 6.07) is 18.5. The number of sulfonamides is 1. The predicted molar refractivity (Wildman–Crippen MR) is 110 cm³/mol. The minimum Gasteiger partial charge on any atom is -0.340 e. The summed E-state index contributed by atoms with van der Waals surface area (Å²) >= 11 is 0. The molecule has 0 saturated carbocycles. The second-order valence-corrected chi connectivity index (χ2v) is 8.25. The van der Waals surface area contributed by atoms with E-state index in [2.05, 4.69) is 16.4 Å². The Morgan fingerprint density at radius 3 is 2.19 bits per heavy atom. The number of aryl methyl sites for hydroxylation is 2. The summed E-state index contributed by atoms with van der Waals surface area (Å²) in [4.78, 5) is 4.46. The van der Waals surface area contributed by atoms with Crippen molar-refractivity contribution >= 4 is 27.2 Å². The van der Waals surface area contributed by atoms with Crippen LogP contribution >= 0.6 is 0 Å². The number of hydrogen-bond acceptors (Lipinski definition) is 4. The van der Waals surface area contributed by atoms with Crippen molar-refractivity contribution in [2.24, 2.45) is 0 Å². The zero-order chi connectivity index (χ0) is 19.4. The van der Waals surface area contributed by atoms with E-state index in [0.717, 1.165) is 16.8 Å². The fraction of sp³-hybridized carbons (Fsp3) is 0.190. The third-order valence-corrected chi connectivity index (χ3v) is 6.04. The van der Waals surface area contributed by atoms with Gasteiger partial charge in [0.2, 0.25) is 0 Å². The quantitative estimate of drug-likeness (QED) is 0.675. The lowest BCUT2D eigenvalue weighted by atomic mass is 10.1. The Morgan fingerprint density at radius 1 is 0.963 bits per heavy atom. The number of hydrogen-bond donors (Lipinski definition) is 1. The second-order valence-electron chi connectivity index (χ2n) is 6.39. The minimum absolute atomic E-state index is 0.166. The highest BCUT2D eigenvalue weighted by Gasteiger charge is 2.23. The van der Waals surface area contributed by atoms with Gasteiger partial charge in [0, 0.05) is 18.4 Å². The summed E-state index contributed by atoms with van der Waals surface area (Å²) in [6.07, 6.45) is 1.39. The van der Waals surface area contributed by atoms with E-state index in [4.69, 9.17) is 0 Å². The van der Waals surface area contributed by atoms with E-state index in [1.54, 1.807) is 24.3 Å². The van der Waals surface area contributed by atoms with Crippen LogP contribution < -0.4 is 9.62 Å². The summed E-state index contributed by atoms with van der Waals surface area (Å²) in [5.74, 6) is 0.599. The third-order valence-electron chi connectivity index (χ3n) is 4.15. The molecule has 0 amide bonds. The van der Waals surface area contributed by atoms with Crippen molar-refractivity contribution in [1.82, 2.24) is 4.98 Å². The van der Waals surface area contributed by atoms with Crippen LogP contribution in [0.1, 0.15) is 18.1 Å². The van der Waals surface area contributed by atoms with Crippen molar-refractivity contribution in [3.05, 3.63) is 78.0 Å². The van der Waals surface area contributed by atoms with Gasteiger partial charge in [0.05, 0.1) is 5.69 Å². The number of nitrogens with one attached hydrogen (secondary N) is 1. The number of rotatable bonds is 6. The molecule has 6 heteroatoms. The third kappa shape index (κ3) is 4.28. The molecule has 0 aliphatic heterocycles. The molecule has 1 aromatic heterocycles. The fourth-order valence-electron chi connectivity index (χ4n) is 3.01. The SMILES string of the molecule is CCN(c1ccccc1)S(=O)(=O)c1ccc(Nc2cc(C)cc(C)c2)nc1. The summed E-state index contributed by atoms with van der Waals surface area (Å²) in [7, 11) is -3.66. The average molecular weight is 382 g/mol. The molecule has 2 aromatic carbocycles. The van der Waals surface area contributed by atoms with Gasteiger partial charge in [-0.15, -0.1) is 0 Å². The van der Waals surface area contributed by atoms with Crippen molar-refractivity contribution in [3.63, 3.8) is 0 Å². The van der Waals surface area contributed by atoms with E-state index in [-0.39, 0.29) is 4.90 Å². The van der Waals surface area contributed by atoms with Gasteiger partial charge in [0.1, 0.15) is 10.7 Å². The van der Waals surface area contributed by atoms with Crippen LogP contribution in [0, 0.1) is 13.8 Å². The van der Waals surface area contributed by atoms with E-state index >= 15 is 0 Å². The van der Waals surface area contributed by atoms with Gasteiger partial charge in [0.15, 0.2) is 0 Å². The molecule has 0 saturated heterocycles. The van der Waals surface area contributed by atoms with Gasteiger partial charge in [-0.3, -0.25) is 4.31 Å². The normalized spacial score (nSPS) is 11.2. The topological polar surface area (TPSA) is 62.3 Å². The average Bonchev–Trinajstić information content (AvgIpc) is 2.62. The number of para-hydroxylation sites is 1. The van der Waals surface area contributed by atoms with Crippen LogP contribution in [-0.4, -0.2) is 19.9 Å². The first-order valence-electron chi connectivity index (χ1n) is 8.79. The van der Waals surface area contributed by atoms with Gasteiger partial charge in [-0.2, -0.15) is 0 Å². The predicted octanol–water partition coefficient (Wildman–Crippen LogP) is 4.66. The van der Waals surface area contributed by atoms with Crippen molar-refractivity contribution in [2.75, 3.05) is 16.2 Å². The zero-order valence-corrected chi connectivity index (χ0v) is 16.5. The number of pyridine rings is 1. The van der Waals surface area contributed by atoms with Crippen LogP contribution in [-0.2, 0) is 10.0 Å².